The molecule has 0 saturated heterocycles. The number of fused-ring (bicyclic) bond motifs is 1. The molecule has 0 aliphatic carbocycles. The molecule has 188 valence electrons. The molecule has 4 rings (SSSR count). The van der Waals surface area contributed by atoms with Crippen molar-refractivity contribution in [3.05, 3.63) is 71.9 Å². The van der Waals surface area contributed by atoms with E-state index in [0.29, 0.717) is 54.0 Å². The van der Waals surface area contributed by atoms with E-state index in [4.69, 9.17) is 4.74 Å². The van der Waals surface area contributed by atoms with Crippen molar-refractivity contribution in [1.82, 2.24) is 14.9 Å². The van der Waals surface area contributed by atoms with Crippen molar-refractivity contribution in [3.8, 4) is 5.75 Å². The number of thioether (sulfide) groups is 1. The summed E-state index contributed by atoms with van der Waals surface area (Å²) in [5.74, 6) is 1.06. The van der Waals surface area contributed by atoms with Crippen LogP contribution in [0.1, 0.15) is 28.4 Å². The standard InChI is InChI=1S/C26H29N5O4S/c1-29-14-15-31(24(32)21-17-27-25(36-3)28-23(21)29)19-10-7-11-20(16-19)35-22(12-13-30(2)26(33)34)18-8-5-4-6-9-18/h4-11,16-17,22H,12-15H2,1-3H3,(H,33,34)/t22-/m0/s1. The zero-order valence-corrected chi connectivity index (χ0v) is 21.3. The number of benzene rings is 2. The van der Waals surface area contributed by atoms with Gasteiger partial charge in [-0.15, -0.1) is 0 Å². The van der Waals surface area contributed by atoms with Crippen LogP contribution < -0.4 is 14.5 Å². The first kappa shape index (κ1) is 25.3. The van der Waals surface area contributed by atoms with Crippen molar-refractivity contribution in [2.75, 3.05) is 49.8 Å². The molecule has 0 saturated carbocycles. The number of likely N-dealkylation sites (N-methyl/N-ethyl adjacent to an activating group) is 1. The molecule has 2 amide bonds. The Labute approximate surface area is 214 Å². The van der Waals surface area contributed by atoms with Gasteiger partial charge in [-0.2, -0.15) is 0 Å². The molecule has 1 aliphatic rings. The molecule has 2 aromatic carbocycles. The lowest BCUT2D eigenvalue weighted by atomic mass is 10.1. The number of carboxylic acid groups (broad SMARTS) is 1. The average Bonchev–Trinajstić information content (AvgIpc) is 3.02. The van der Waals surface area contributed by atoms with Gasteiger partial charge in [0.05, 0.1) is 0 Å². The van der Waals surface area contributed by atoms with Gasteiger partial charge in [-0.05, 0) is 24.0 Å². The number of anilines is 2. The Hall–Kier alpha value is -3.79. The van der Waals surface area contributed by atoms with Crippen LogP contribution in [-0.2, 0) is 0 Å². The van der Waals surface area contributed by atoms with Crippen molar-refractivity contribution in [2.24, 2.45) is 0 Å². The second-order valence-corrected chi connectivity index (χ2v) is 9.25. The minimum Gasteiger partial charge on any atom is -0.486 e. The third kappa shape index (κ3) is 5.71. The summed E-state index contributed by atoms with van der Waals surface area (Å²) in [7, 11) is 3.46. The fraction of sp³-hybridized carbons (Fsp3) is 0.308. The third-order valence-electron chi connectivity index (χ3n) is 6.06. The molecule has 0 radical (unpaired) electrons. The topological polar surface area (TPSA) is 99.1 Å². The number of hydrogen-bond donors (Lipinski definition) is 1. The van der Waals surface area contributed by atoms with E-state index in [-0.39, 0.29) is 12.0 Å². The summed E-state index contributed by atoms with van der Waals surface area (Å²) in [6.45, 7) is 1.42. The Kier molecular flexibility index (Phi) is 7.94. The molecule has 10 heteroatoms. The Morgan fingerprint density at radius 2 is 1.97 bits per heavy atom. The number of ether oxygens (including phenoxy) is 1. The number of nitrogens with zero attached hydrogens (tertiary/aromatic N) is 5. The lowest BCUT2D eigenvalue weighted by Crippen LogP contribution is -2.33. The molecule has 1 aliphatic heterocycles. The lowest BCUT2D eigenvalue weighted by Gasteiger charge is -2.24. The second-order valence-electron chi connectivity index (χ2n) is 8.48. The van der Waals surface area contributed by atoms with E-state index < -0.39 is 6.09 Å². The highest BCUT2D eigenvalue weighted by Crippen LogP contribution is 2.31. The van der Waals surface area contributed by atoms with Crippen LogP contribution in [0.3, 0.4) is 0 Å². The largest absolute Gasteiger partial charge is 0.486 e. The summed E-state index contributed by atoms with van der Waals surface area (Å²) < 4.78 is 6.35. The van der Waals surface area contributed by atoms with Crippen molar-refractivity contribution >= 4 is 35.3 Å². The molecule has 0 fully saturated rings. The molecule has 0 bridgehead atoms. The first-order chi connectivity index (χ1) is 17.4. The van der Waals surface area contributed by atoms with E-state index in [1.165, 1.54) is 23.7 Å². The quantitative estimate of drug-likeness (QED) is 0.354. The van der Waals surface area contributed by atoms with E-state index in [9.17, 15) is 14.7 Å². The smallest absolute Gasteiger partial charge is 0.407 e. The maximum Gasteiger partial charge on any atom is 0.407 e. The summed E-state index contributed by atoms with van der Waals surface area (Å²) in [5, 5.41) is 9.86. The van der Waals surface area contributed by atoms with Crippen molar-refractivity contribution in [1.29, 1.82) is 0 Å². The van der Waals surface area contributed by atoms with Crippen LogP contribution in [-0.4, -0.2) is 72.0 Å². The van der Waals surface area contributed by atoms with E-state index in [0.717, 1.165) is 5.56 Å². The molecule has 2 heterocycles. The maximum absolute atomic E-state index is 13.5. The fourth-order valence-electron chi connectivity index (χ4n) is 4.00. The van der Waals surface area contributed by atoms with E-state index in [1.807, 2.05) is 72.8 Å². The van der Waals surface area contributed by atoms with Gasteiger partial charge in [0.25, 0.3) is 5.91 Å². The zero-order chi connectivity index (χ0) is 25.7. The van der Waals surface area contributed by atoms with Crippen LogP contribution in [0.25, 0.3) is 0 Å². The summed E-state index contributed by atoms with van der Waals surface area (Å²) in [6, 6.07) is 17.1. The Balaban J connectivity index is 1.59. The third-order valence-corrected chi connectivity index (χ3v) is 6.62. The van der Waals surface area contributed by atoms with E-state index >= 15 is 0 Å². The fourth-order valence-corrected chi connectivity index (χ4v) is 4.34. The van der Waals surface area contributed by atoms with Gasteiger partial charge in [0.1, 0.15) is 23.2 Å². The molecule has 0 spiro atoms. The highest BCUT2D eigenvalue weighted by molar-refractivity contribution is 7.98. The number of aromatic nitrogens is 2. The Morgan fingerprint density at radius 1 is 1.19 bits per heavy atom. The summed E-state index contributed by atoms with van der Waals surface area (Å²) in [6.07, 6.45) is 2.64. The van der Waals surface area contributed by atoms with Gasteiger partial charge < -0.3 is 24.5 Å². The SMILES string of the molecule is CSc1ncc2c(n1)N(C)CCN(c1cccc(O[C@@H](CCN(C)C(=O)O)c3ccccc3)c1)C2=O. The summed E-state index contributed by atoms with van der Waals surface area (Å²) in [5.41, 5.74) is 2.12. The van der Waals surface area contributed by atoms with Gasteiger partial charge in [-0.25, -0.2) is 14.8 Å². The Bertz CT molecular complexity index is 1230. The van der Waals surface area contributed by atoms with Gasteiger partial charge in [0, 0.05) is 58.1 Å². The van der Waals surface area contributed by atoms with Crippen LogP contribution in [0.2, 0.25) is 0 Å². The first-order valence-corrected chi connectivity index (χ1v) is 12.8. The van der Waals surface area contributed by atoms with Crippen LogP contribution in [0.15, 0.2) is 66.0 Å². The van der Waals surface area contributed by atoms with Crippen LogP contribution in [0.4, 0.5) is 16.3 Å². The van der Waals surface area contributed by atoms with Gasteiger partial charge in [-0.3, -0.25) is 4.79 Å². The predicted octanol–water partition coefficient (Wildman–Crippen LogP) is 4.42. The highest BCUT2D eigenvalue weighted by Gasteiger charge is 2.28. The molecule has 1 atom stereocenters. The van der Waals surface area contributed by atoms with Gasteiger partial charge in [0.2, 0.25) is 0 Å². The monoisotopic (exact) mass is 507 g/mol. The van der Waals surface area contributed by atoms with Crippen LogP contribution in [0.5, 0.6) is 5.75 Å². The highest BCUT2D eigenvalue weighted by atomic mass is 32.2. The zero-order valence-electron chi connectivity index (χ0n) is 20.5. The van der Waals surface area contributed by atoms with E-state index in [1.54, 1.807) is 11.1 Å². The number of rotatable bonds is 8. The summed E-state index contributed by atoms with van der Waals surface area (Å²) >= 11 is 1.44. The molecule has 36 heavy (non-hydrogen) atoms. The molecular formula is C26H29N5O4S. The first-order valence-electron chi connectivity index (χ1n) is 11.6. The molecule has 1 N–H and O–H groups in total. The molecule has 9 nitrogen and oxygen atoms in total. The molecule has 0 unspecified atom stereocenters. The minimum atomic E-state index is -0.984. The number of hydrogen-bond acceptors (Lipinski definition) is 7. The van der Waals surface area contributed by atoms with Crippen molar-refractivity contribution < 1.29 is 19.4 Å². The molecule has 3 aromatic rings. The summed E-state index contributed by atoms with van der Waals surface area (Å²) in [4.78, 5) is 38.5. The average molecular weight is 508 g/mol. The number of carbonyl (C=O) groups excluding carboxylic acids is 1. The number of amides is 2. The van der Waals surface area contributed by atoms with Gasteiger partial charge in [-0.1, -0.05) is 48.2 Å². The van der Waals surface area contributed by atoms with Gasteiger partial charge in [0.15, 0.2) is 5.16 Å². The normalized spacial score (nSPS) is 14.1. The lowest BCUT2D eigenvalue weighted by molar-refractivity contribution is 0.0989. The minimum absolute atomic E-state index is 0.165. The second kappa shape index (κ2) is 11.3. The van der Waals surface area contributed by atoms with Crippen molar-refractivity contribution in [3.63, 3.8) is 0 Å². The molecule has 1 aromatic heterocycles. The van der Waals surface area contributed by atoms with E-state index in [2.05, 4.69) is 9.97 Å². The van der Waals surface area contributed by atoms with Crippen molar-refractivity contribution in [2.45, 2.75) is 17.7 Å². The van der Waals surface area contributed by atoms with Crippen LogP contribution in [0, 0.1) is 0 Å². The van der Waals surface area contributed by atoms with Gasteiger partial charge >= 0.3 is 6.09 Å². The maximum atomic E-state index is 13.5. The Morgan fingerprint density at radius 3 is 2.69 bits per heavy atom. The predicted molar refractivity (Wildman–Crippen MR) is 140 cm³/mol. The van der Waals surface area contributed by atoms with Crippen LogP contribution >= 0.6 is 11.8 Å². The molecular weight excluding hydrogens is 478 g/mol. The number of carbonyl (C=O) groups is 2.